The van der Waals surface area contributed by atoms with Crippen LogP contribution in [0.1, 0.15) is 5.56 Å². The average Bonchev–Trinajstić information content (AvgIpc) is 3.28. The molecule has 0 atom stereocenters. The van der Waals surface area contributed by atoms with Crippen LogP contribution in [0, 0.1) is 19.1 Å². The van der Waals surface area contributed by atoms with Crippen molar-refractivity contribution >= 4 is 35.2 Å². The summed E-state index contributed by atoms with van der Waals surface area (Å²) in [5.74, 6) is 0. The van der Waals surface area contributed by atoms with E-state index in [1.165, 1.54) is 10.6 Å². The summed E-state index contributed by atoms with van der Waals surface area (Å²) in [6, 6.07) is 34.9. The molecular weight excluding hydrogens is 649 g/mol. The van der Waals surface area contributed by atoms with Gasteiger partial charge in [0, 0.05) is 37.9 Å². The van der Waals surface area contributed by atoms with Gasteiger partial charge in [0.25, 0.3) is 0 Å². The van der Waals surface area contributed by atoms with Crippen LogP contribution >= 0.6 is 0 Å². The van der Waals surface area contributed by atoms with Crippen molar-refractivity contribution in [3.63, 3.8) is 0 Å². The van der Waals surface area contributed by atoms with Gasteiger partial charge >= 0.3 is 0 Å². The molecule has 3 heterocycles. The summed E-state index contributed by atoms with van der Waals surface area (Å²) < 4.78 is 6.18. The van der Waals surface area contributed by atoms with Crippen molar-refractivity contribution in [2.75, 3.05) is 0 Å². The summed E-state index contributed by atoms with van der Waals surface area (Å²) in [6.45, 7) is 9.14. The predicted octanol–water partition coefficient (Wildman–Crippen LogP) is 7.85. The minimum absolute atomic E-state index is 0. The van der Waals surface area contributed by atoms with E-state index in [1.54, 1.807) is 6.20 Å². The molecule has 1 radical (unpaired) electrons. The van der Waals surface area contributed by atoms with Gasteiger partial charge in [0.1, 0.15) is 5.58 Å². The van der Waals surface area contributed by atoms with Crippen LogP contribution in [0.5, 0.6) is 0 Å². The third-order valence-electron chi connectivity index (χ3n) is 6.11. The van der Waals surface area contributed by atoms with Crippen molar-refractivity contribution in [1.29, 1.82) is 0 Å². The van der Waals surface area contributed by atoms with Crippen LogP contribution in [-0.4, -0.2) is 18.0 Å². The van der Waals surface area contributed by atoms with Gasteiger partial charge in [-0.15, -0.1) is 54.1 Å². The minimum Gasteiger partial charge on any atom is -0.501 e. The van der Waals surface area contributed by atoms with Crippen LogP contribution in [0.4, 0.5) is 0 Å². The average molecular weight is 677 g/mol. The van der Waals surface area contributed by atoms with Gasteiger partial charge in [0.05, 0.1) is 13.7 Å². The number of furan rings is 1. The van der Waals surface area contributed by atoms with Gasteiger partial charge in [0.2, 0.25) is 0 Å². The molecule has 0 aliphatic carbocycles. The Balaban J connectivity index is 0.000000208. The van der Waals surface area contributed by atoms with Crippen LogP contribution in [0.25, 0.3) is 44.5 Å². The summed E-state index contributed by atoms with van der Waals surface area (Å²) >= 11 is 0. The summed E-state index contributed by atoms with van der Waals surface area (Å²) in [7, 11) is -1.36. The number of aromatic nitrogens is 2. The quantitative estimate of drug-likeness (QED) is 0.142. The first-order valence-corrected chi connectivity index (χ1v) is 15.6. The fourth-order valence-corrected chi connectivity index (χ4v) is 5.25. The summed E-state index contributed by atoms with van der Waals surface area (Å²) in [4.78, 5) is 8.76. The second-order valence-electron chi connectivity index (χ2n) is 9.87. The fraction of sp³-hybridized carbons (Fsp3) is 0.125. The molecule has 0 unspecified atom stereocenters. The van der Waals surface area contributed by atoms with Crippen molar-refractivity contribution in [1.82, 2.24) is 9.97 Å². The Kier molecular flexibility index (Phi) is 8.18. The fourth-order valence-electron chi connectivity index (χ4n) is 4.09. The zero-order valence-corrected chi connectivity index (χ0v) is 24.8. The molecule has 0 spiro atoms. The SMILES string of the molecule is Cc1ccc(-c2[c-]ccc3c2oc2ccc([Si](C)(C)C)cc23)nc1.[Ir].[c-]1ccccc1-c1ccccn1. The zero-order chi connectivity index (χ0) is 25.1. The normalized spacial score (nSPS) is 11.0. The number of hydrogen-bond donors (Lipinski definition) is 0. The topological polar surface area (TPSA) is 38.9 Å². The molecule has 0 fully saturated rings. The summed E-state index contributed by atoms with van der Waals surface area (Å²) in [5.41, 5.74) is 6.79. The standard InChI is InChI=1S/C21H20NOSi.C11H8N.Ir/c1-14-8-10-19(22-13-14)17-7-5-6-16-18-12-15(24(2,3)4)9-11-20(18)23-21(16)17;1-2-6-10(7-3-1)11-8-4-5-9-12-11;/h5-6,8-13H,1-4H3;1-6,8-9H;/q2*-1;. The third-order valence-corrected chi connectivity index (χ3v) is 8.16. The van der Waals surface area contributed by atoms with Crippen LogP contribution in [0.15, 0.2) is 102 Å². The van der Waals surface area contributed by atoms with Crippen LogP contribution in [-0.2, 0) is 20.1 Å². The van der Waals surface area contributed by atoms with E-state index in [2.05, 4.69) is 72.1 Å². The van der Waals surface area contributed by atoms with Crippen molar-refractivity contribution in [3.8, 4) is 22.5 Å². The molecule has 0 saturated carbocycles. The van der Waals surface area contributed by atoms with E-state index >= 15 is 0 Å². The van der Waals surface area contributed by atoms with Crippen LogP contribution in [0.2, 0.25) is 19.6 Å². The smallest absolute Gasteiger partial charge is 0.120 e. The molecule has 0 aliphatic rings. The molecule has 0 bridgehead atoms. The van der Waals surface area contributed by atoms with E-state index in [0.29, 0.717) is 0 Å². The van der Waals surface area contributed by atoms with E-state index in [9.17, 15) is 0 Å². The van der Waals surface area contributed by atoms with Crippen LogP contribution < -0.4 is 5.19 Å². The van der Waals surface area contributed by atoms with Crippen molar-refractivity contribution in [2.45, 2.75) is 26.6 Å². The first kappa shape index (κ1) is 26.7. The van der Waals surface area contributed by atoms with Gasteiger partial charge in [-0.2, -0.15) is 0 Å². The molecule has 187 valence electrons. The first-order valence-electron chi connectivity index (χ1n) is 12.1. The third kappa shape index (κ3) is 5.96. The Morgan fingerprint density at radius 3 is 2.27 bits per heavy atom. The van der Waals surface area contributed by atoms with Gasteiger partial charge in [-0.25, -0.2) is 0 Å². The van der Waals surface area contributed by atoms with E-state index in [1.807, 2.05) is 67.7 Å². The second-order valence-corrected chi connectivity index (χ2v) is 14.9. The summed E-state index contributed by atoms with van der Waals surface area (Å²) in [6.07, 6.45) is 3.67. The molecule has 6 aromatic rings. The van der Waals surface area contributed by atoms with Crippen LogP contribution in [0.3, 0.4) is 0 Å². The Hall–Kier alpha value is -3.37. The molecule has 3 aromatic carbocycles. The maximum atomic E-state index is 6.18. The molecule has 37 heavy (non-hydrogen) atoms. The van der Waals surface area contributed by atoms with Gasteiger partial charge in [-0.3, -0.25) is 0 Å². The second kappa shape index (κ2) is 11.3. The largest absolute Gasteiger partial charge is 0.501 e. The van der Waals surface area contributed by atoms with Crippen molar-refractivity contribution in [2.24, 2.45) is 0 Å². The number of nitrogens with zero attached hydrogens (tertiary/aromatic N) is 2. The molecule has 0 aliphatic heterocycles. The number of pyridine rings is 2. The Morgan fingerprint density at radius 2 is 1.59 bits per heavy atom. The Labute approximate surface area is 233 Å². The molecule has 0 N–H and O–H groups in total. The molecule has 5 heteroatoms. The van der Waals surface area contributed by atoms with E-state index in [4.69, 9.17) is 4.42 Å². The van der Waals surface area contributed by atoms with Gasteiger partial charge in [0.15, 0.2) is 0 Å². The monoisotopic (exact) mass is 677 g/mol. The van der Waals surface area contributed by atoms with E-state index < -0.39 is 8.07 Å². The Morgan fingerprint density at radius 1 is 0.757 bits per heavy atom. The number of hydrogen-bond acceptors (Lipinski definition) is 3. The predicted molar refractivity (Wildman–Crippen MR) is 152 cm³/mol. The maximum absolute atomic E-state index is 6.18. The number of rotatable bonds is 3. The van der Waals surface area contributed by atoms with Gasteiger partial charge < -0.3 is 14.4 Å². The van der Waals surface area contributed by atoms with Gasteiger partial charge in [-0.1, -0.05) is 72.2 Å². The Bertz CT molecular complexity index is 1570. The number of aryl methyl sites for hydroxylation is 1. The molecule has 6 rings (SSSR count). The zero-order valence-electron chi connectivity index (χ0n) is 21.4. The molecule has 3 aromatic heterocycles. The molecule has 3 nitrogen and oxygen atoms in total. The number of fused-ring (bicyclic) bond motifs is 3. The van der Waals surface area contributed by atoms with Crippen molar-refractivity contribution < 1.29 is 24.5 Å². The number of benzene rings is 3. The van der Waals surface area contributed by atoms with E-state index in [-0.39, 0.29) is 20.1 Å². The van der Waals surface area contributed by atoms with Gasteiger partial charge in [-0.05, 0) is 36.0 Å². The maximum Gasteiger partial charge on any atom is 0.120 e. The van der Waals surface area contributed by atoms with E-state index in [0.717, 1.165) is 44.6 Å². The molecule has 0 saturated heterocycles. The minimum atomic E-state index is -1.36. The van der Waals surface area contributed by atoms with Crippen molar-refractivity contribution in [3.05, 3.63) is 115 Å². The summed E-state index contributed by atoms with van der Waals surface area (Å²) in [5, 5.41) is 3.77. The molecule has 0 amide bonds. The molecular formula is C32H28IrN2OSi-2. The first-order chi connectivity index (χ1) is 17.4.